The van der Waals surface area contributed by atoms with Gasteiger partial charge in [0.05, 0.1) is 16.3 Å². The number of hydrogen-bond acceptors (Lipinski definition) is 2. The van der Waals surface area contributed by atoms with Gasteiger partial charge in [0.1, 0.15) is 0 Å². The normalized spacial score (nSPS) is 10.4. The molecule has 0 aliphatic rings. The second-order valence-corrected chi connectivity index (χ2v) is 4.13. The minimum atomic E-state index is 0.485. The molecule has 0 saturated heterocycles. The van der Waals surface area contributed by atoms with Gasteiger partial charge >= 0.3 is 0 Å². The summed E-state index contributed by atoms with van der Waals surface area (Å²) in [5.74, 6) is 0. The van der Waals surface area contributed by atoms with Gasteiger partial charge in [0, 0.05) is 6.54 Å². The van der Waals surface area contributed by atoms with Gasteiger partial charge in [0.15, 0.2) is 5.11 Å². The van der Waals surface area contributed by atoms with E-state index in [1.54, 1.807) is 18.3 Å². The zero-order valence-corrected chi connectivity index (χ0v) is 11.0. The molecule has 0 atom stereocenters. The molecule has 0 radical (unpaired) electrons. The number of nitrogens with one attached hydrogen (secondary N) is 2. The second-order valence-electron chi connectivity index (χ2n) is 2.90. The molecule has 0 aromatic heterocycles. The molecule has 0 aliphatic heterocycles. The first-order valence-electron chi connectivity index (χ1n) is 4.65. The van der Waals surface area contributed by atoms with Crippen LogP contribution < -0.4 is 10.7 Å². The highest BCUT2D eigenvalue weighted by Crippen LogP contribution is 2.21. The third-order valence-corrected chi connectivity index (χ3v) is 2.64. The van der Waals surface area contributed by atoms with Gasteiger partial charge in [-0.1, -0.05) is 29.3 Å². The van der Waals surface area contributed by atoms with Crippen LogP contribution in [-0.2, 0) is 0 Å². The zero-order chi connectivity index (χ0) is 12.0. The summed E-state index contributed by atoms with van der Waals surface area (Å²) in [6.45, 7) is 2.71. The van der Waals surface area contributed by atoms with Gasteiger partial charge in [-0.2, -0.15) is 5.10 Å². The topological polar surface area (TPSA) is 36.4 Å². The van der Waals surface area contributed by atoms with Crippen molar-refractivity contribution >= 4 is 46.7 Å². The Morgan fingerprint density at radius 1 is 1.44 bits per heavy atom. The Hall–Kier alpha value is -0.840. The van der Waals surface area contributed by atoms with Crippen molar-refractivity contribution in [1.82, 2.24) is 10.7 Å². The molecule has 0 amide bonds. The van der Waals surface area contributed by atoms with Crippen molar-refractivity contribution in [3.05, 3.63) is 33.8 Å². The number of hydrogen-bond donors (Lipinski definition) is 2. The monoisotopic (exact) mass is 275 g/mol. The van der Waals surface area contributed by atoms with Crippen molar-refractivity contribution in [3.63, 3.8) is 0 Å². The summed E-state index contributed by atoms with van der Waals surface area (Å²) in [7, 11) is 0. The summed E-state index contributed by atoms with van der Waals surface area (Å²) >= 11 is 16.6. The molecule has 0 aliphatic carbocycles. The predicted octanol–water partition coefficient (Wildman–Crippen LogP) is 2.81. The third-order valence-electron chi connectivity index (χ3n) is 1.66. The first-order valence-corrected chi connectivity index (χ1v) is 5.82. The third kappa shape index (κ3) is 4.35. The number of hydrazone groups is 1. The maximum atomic E-state index is 5.85. The SMILES string of the molecule is CCNC(=S)N/N=C/c1ccc(Cl)c(Cl)c1. The van der Waals surface area contributed by atoms with E-state index in [4.69, 9.17) is 35.4 Å². The fourth-order valence-electron chi connectivity index (χ4n) is 0.958. The molecule has 1 rings (SSSR count). The molecule has 0 spiro atoms. The zero-order valence-electron chi connectivity index (χ0n) is 8.63. The Morgan fingerprint density at radius 2 is 2.19 bits per heavy atom. The van der Waals surface area contributed by atoms with Crippen LogP contribution in [0.25, 0.3) is 0 Å². The number of thiocarbonyl (C=S) groups is 1. The van der Waals surface area contributed by atoms with Crippen LogP contribution in [0, 0.1) is 0 Å². The first-order chi connectivity index (χ1) is 7.63. The maximum absolute atomic E-state index is 5.85. The molecule has 16 heavy (non-hydrogen) atoms. The van der Waals surface area contributed by atoms with Crippen molar-refractivity contribution in [1.29, 1.82) is 0 Å². The van der Waals surface area contributed by atoms with E-state index >= 15 is 0 Å². The van der Waals surface area contributed by atoms with Gasteiger partial charge in [-0.3, -0.25) is 5.43 Å². The lowest BCUT2D eigenvalue weighted by Gasteiger charge is -2.02. The van der Waals surface area contributed by atoms with E-state index in [2.05, 4.69) is 15.8 Å². The molecule has 0 fully saturated rings. The minimum absolute atomic E-state index is 0.485. The number of rotatable bonds is 3. The van der Waals surface area contributed by atoms with Crippen LogP contribution >= 0.6 is 35.4 Å². The molecule has 6 heteroatoms. The van der Waals surface area contributed by atoms with Crippen molar-refractivity contribution in [3.8, 4) is 0 Å². The van der Waals surface area contributed by atoms with Crippen LogP contribution in [0.5, 0.6) is 0 Å². The van der Waals surface area contributed by atoms with E-state index in [1.807, 2.05) is 13.0 Å². The standard InChI is InChI=1S/C10H11Cl2N3S/c1-2-13-10(16)15-14-6-7-3-4-8(11)9(12)5-7/h3-6H,2H2,1H3,(H2,13,15,16)/b14-6+. The van der Waals surface area contributed by atoms with Crippen LogP contribution in [0.3, 0.4) is 0 Å². The highest BCUT2D eigenvalue weighted by molar-refractivity contribution is 7.80. The summed E-state index contributed by atoms with van der Waals surface area (Å²) in [4.78, 5) is 0. The number of halogens is 2. The molecular weight excluding hydrogens is 265 g/mol. The molecular formula is C10H11Cl2N3S. The van der Waals surface area contributed by atoms with Crippen LogP contribution in [0.15, 0.2) is 23.3 Å². The summed E-state index contributed by atoms with van der Waals surface area (Å²) in [6.07, 6.45) is 1.62. The van der Waals surface area contributed by atoms with Gasteiger partial charge in [0.2, 0.25) is 0 Å². The first kappa shape index (κ1) is 13.2. The van der Waals surface area contributed by atoms with Crippen molar-refractivity contribution in [2.75, 3.05) is 6.54 Å². The fourth-order valence-corrected chi connectivity index (χ4v) is 1.46. The van der Waals surface area contributed by atoms with Crippen LogP contribution in [0.1, 0.15) is 12.5 Å². The van der Waals surface area contributed by atoms with E-state index in [-0.39, 0.29) is 0 Å². The van der Waals surface area contributed by atoms with Crippen molar-refractivity contribution < 1.29 is 0 Å². The lowest BCUT2D eigenvalue weighted by Crippen LogP contribution is -2.31. The van der Waals surface area contributed by atoms with E-state index in [1.165, 1.54) is 0 Å². The maximum Gasteiger partial charge on any atom is 0.186 e. The predicted molar refractivity (Wildman–Crippen MR) is 73.5 cm³/mol. The molecule has 86 valence electrons. The lowest BCUT2D eigenvalue weighted by molar-refractivity contribution is 0.904. The van der Waals surface area contributed by atoms with E-state index in [0.29, 0.717) is 15.2 Å². The van der Waals surface area contributed by atoms with E-state index in [0.717, 1.165) is 12.1 Å². The lowest BCUT2D eigenvalue weighted by atomic mass is 10.2. The summed E-state index contributed by atoms with van der Waals surface area (Å²) in [5.41, 5.74) is 3.53. The van der Waals surface area contributed by atoms with Gasteiger partial charge in [0.25, 0.3) is 0 Å². The highest BCUT2D eigenvalue weighted by Gasteiger charge is 1.97. The molecule has 0 heterocycles. The molecule has 0 saturated carbocycles. The Morgan fingerprint density at radius 3 is 2.81 bits per heavy atom. The molecule has 1 aromatic carbocycles. The highest BCUT2D eigenvalue weighted by atomic mass is 35.5. The van der Waals surface area contributed by atoms with Gasteiger partial charge in [-0.25, -0.2) is 0 Å². The molecule has 1 aromatic rings. The van der Waals surface area contributed by atoms with Gasteiger partial charge in [-0.05, 0) is 36.8 Å². The van der Waals surface area contributed by atoms with Crippen LogP contribution in [0.4, 0.5) is 0 Å². The van der Waals surface area contributed by atoms with E-state index in [9.17, 15) is 0 Å². The fraction of sp³-hybridized carbons (Fsp3) is 0.200. The average Bonchev–Trinajstić information content (AvgIpc) is 2.24. The summed E-state index contributed by atoms with van der Waals surface area (Å²) in [6, 6.07) is 5.26. The largest absolute Gasteiger partial charge is 0.362 e. The van der Waals surface area contributed by atoms with Crippen molar-refractivity contribution in [2.45, 2.75) is 6.92 Å². The smallest absolute Gasteiger partial charge is 0.186 e. The molecule has 3 nitrogen and oxygen atoms in total. The van der Waals surface area contributed by atoms with Crippen LogP contribution in [-0.4, -0.2) is 17.9 Å². The van der Waals surface area contributed by atoms with Crippen molar-refractivity contribution in [2.24, 2.45) is 5.10 Å². The Kier molecular flexibility index (Phi) is 5.52. The average molecular weight is 276 g/mol. The summed E-state index contributed by atoms with van der Waals surface area (Å²) in [5, 5.41) is 8.37. The van der Waals surface area contributed by atoms with E-state index < -0.39 is 0 Å². The Balaban J connectivity index is 2.56. The Bertz CT molecular complexity index is 407. The molecule has 0 unspecified atom stereocenters. The number of benzene rings is 1. The second kappa shape index (κ2) is 6.68. The quantitative estimate of drug-likeness (QED) is 0.506. The minimum Gasteiger partial charge on any atom is -0.362 e. The molecule has 2 N–H and O–H groups in total. The Labute approximate surface area is 110 Å². The summed E-state index contributed by atoms with van der Waals surface area (Å²) < 4.78 is 0. The molecule has 0 bridgehead atoms. The number of nitrogens with zero attached hydrogens (tertiary/aromatic N) is 1. The van der Waals surface area contributed by atoms with Crippen LogP contribution in [0.2, 0.25) is 10.0 Å². The van der Waals surface area contributed by atoms with Gasteiger partial charge < -0.3 is 5.32 Å². The van der Waals surface area contributed by atoms with Gasteiger partial charge in [-0.15, -0.1) is 0 Å².